The molecule has 0 nitrogen and oxygen atoms in total. The molecule has 0 heteroatoms. The first-order valence-corrected chi connectivity index (χ1v) is 5.16. The molecule has 12 heavy (non-hydrogen) atoms. The summed E-state index contributed by atoms with van der Waals surface area (Å²) in [5.41, 5.74) is 0.449. The lowest BCUT2D eigenvalue weighted by Gasteiger charge is -2.27. The van der Waals surface area contributed by atoms with Crippen LogP contribution in [0.25, 0.3) is 0 Å². The van der Waals surface area contributed by atoms with Gasteiger partial charge < -0.3 is 0 Å². The molecule has 0 aliphatic heterocycles. The molecule has 0 saturated carbocycles. The van der Waals surface area contributed by atoms with Crippen molar-refractivity contribution in [1.82, 2.24) is 0 Å². The Kier molecular flexibility index (Phi) is 4.11. The van der Waals surface area contributed by atoms with Gasteiger partial charge in [-0.2, -0.15) is 0 Å². The van der Waals surface area contributed by atoms with Crippen molar-refractivity contribution in [3.8, 4) is 0 Å². The number of hydrogen-bond donors (Lipinski definition) is 0. The molecule has 0 aromatic rings. The molecule has 1 atom stereocenters. The summed E-state index contributed by atoms with van der Waals surface area (Å²) >= 11 is 0. The Balaban J connectivity index is 3.94. The zero-order valence-electron chi connectivity index (χ0n) is 10.7. The first kappa shape index (κ1) is 10.1. The van der Waals surface area contributed by atoms with Gasteiger partial charge in [0.05, 0.1) is 0 Å². The molecule has 0 fully saturated rings. The minimum absolute atomic E-state index is 0.261. The highest BCUT2D eigenvalue weighted by molar-refractivity contribution is 4.70. The molecule has 0 aliphatic rings. The van der Waals surface area contributed by atoms with Crippen LogP contribution in [0.2, 0.25) is 0 Å². The van der Waals surface area contributed by atoms with Crippen LogP contribution < -0.4 is 0 Å². The van der Waals surface area contributed by atoms with Gasteiger partial charge in [-0.3, -0.25) is 0 Å². The molecule has 0 amide bonds. The van der Waals surface area contributed by atoms with Crippen LogP contribution in [0, 0.1) is 17.2 Å². The molecule has 1 unspecified atom stereocenters. The van der Waals surface area contributed by atoms with Gasteiger partial charge in [-0.15, -0.1) is 0 Å². The van der Waals surface area contributed by atoms with Crippen LogP contribution in [-0.4, -0.2) is 0 Å². The predicted octanol–water partition coefficient (Wildman–Crippen LogP) is 4.49. The van der Waals surface area contributed by atoms with E-state index in [9.17, 15) is 0 Å². The third kappa shape index (κ3) is 5.62. The molecule has 0 aromatic heterocycles. The lowest BCUT2D eigenvalue weighted by atomic mass is 9.79. The minimum atomic E-state index is -0.261. The fraction of sp³-hybridized carbons (Fsp3) is 1.00. The molecular formula is C12H26. The molecule has 0 saturated heterocycles. The van der Waals surface area contributed by atoms with E-state index in [1.54, 1.807) is 0 Å². The van der Waals surface area contributed by atoms with Crippen molar-refractivity contribution in [1.29, 1.82) is 0 Å². The van der Waals surface area contributed by atoms with E-state index in [1.807, 2.05) is 13.8 Å². The van der Waals surface area contributed by atoms with Crippen LogP contribution >= 0.6 is 0 Å². The maximum absolute atomic E-state index is 7.83. The monoisotopic (exact) mass is 172 g/mol. The Labute approximate surface area is 80.2 Å². The molecular weight excluding hydrogens is 144 g/mol. The Bertz CT molecular complexity index is 142. The average Bonchev–Trinajstić information content (AvgIpc) is 1.81. The summed E-state index contributed by atoms with van der Waals surface area (Å²) in [6.45, 7) is 13.2. The zero-order chi connectivity index (χ0) is 10.7. The van der Waals surface area contributed by atoms with Gasteiger partial charge in [-0.1, -0.05) is 48.0 Å². The summed E-state index contributed by atoms with van der Waals surface area (Å²) in [6, 6.07) is 0. The molecule has 0 bridgehead atoms. The van der Waals surface area contributed by atoms with Crippen LogP contribution in [0.15, 0.2) is 0 Å². The van der Waals surface area contributed by atoms with Crippen molar-refractivity contribution >= 4 is 0 Å². The van der Waals surface area contributed by atoms with Crippen molar-refractivity contribution in [2.75, 3.05) is 0 Å². The number of hydrogen-bond acceptors (Lipinski definition) is 0. The first-order chi connectivity index (χ1) is 5.66. The van der Waals surface area contributed by atoms with Gasteiger partial charge in [0, 0.05) is 1.37 Å². The van der Waals surface area contributed by atoms with E-state index in [2.05, 4.69) is 27.7 Å². The van der Waals surface area contributed by atoms with E-state index >= 15 is 0 Å². The molecule has 0 radical (unpaired) electrons. The molecule has 0 aromatic carbocycles. The van der Waals surface area contributed by atoms with Crippen LogP contribution in [0.3, 0.4) is 0 Å². The molecule has 0 rings (SSSR count). The third-order valence-corrected chi connectivity index (χ3v) is 2.61. The fourth-order valence-electron chi connectivity index (χ4n) is 1.86. The van der Waals surface area contributed by atoms with Crippen molar-refractivity contribution in [3.63, 3.8) is 0 Å². The summed E-state index contributed by atoms with van der Waals surface area (Å²) in [7, 11) is 0. The SMILES string of the molecule is [3H]C(C)(C)CC(C)CC(C)(C)CC. The zero-order valence-corrected chi connectivity index (χ0v) is 9.70. The van der Waals surface area contributed by atoms with Gasteiger partial charge in [-0.25, -0.2) is 0 Å². The van der Waals surface area contributed by atoms with Crippen LogP contribution in [0.1, 0.15) is 62.2 Å². The van der Waals surface area contributed by atoms with Crippen molar-refractivity contribution in [2.24, 2.45) is 17.2 Å². The predicted molar refractivity (Wildman–Crippen MR) is 57.3 cm³/mol. The second-order valence-electron chi connectivity index (χ2n) is 5.24. The smallest absolute Gasteiger partial charge is 0.0297 e. The van der Waals surface area contributed by atoms with Gasteiger partial charge in [0.1, 0.15) is 0 Å². The van der Waals surface area contributed by atoms with E-state index in [0.29, 0.717) is 11.3 Å². The Hall–Kier alpha value is 0. The van der Waals surface area contributed by atoms with Crippen molar-refractivity contribution < 1.29 is 1.37 Å². The second-order valence-corrected chi connectivity index (χ2v) is 5.24. The van der Waals surface area contributed by atoms with Crippen molar-refractivity contribution in [2.45, 2.75) is 60.8 Å². The number of rotatable bonds is 5. The Morgan fingerprint density at radius 3 is 2.08 bits per heavy atom. The maximum Gasteiger partial charge on any atom is 0.0297 e. The van der Waals surface area contributed by atoms with Crippen LogP contribution in [0.4, 0.5) is 0 Å². The maximum atomic E-state index is 7.83. The van der Waals surface area contributed by atoms with Crippen LogP contribution in [-0.2, 0) is 0 Å². The largest absolute Gasteiger partial charge is 0.0649 e. The highest BCUT2D eigenvalue weighted by Gasteiger charge is 2.19. The van der Waals surface area contributed by atoms with Gasteiger partial charge in [0.15, 0.2) is 0 Å². The topological polar surface area (TPSA) is 0 Å². The molecule has 74 valence electrons. The highest BCUT2D eigenvalue weighted by Crippen LogP contribution is 2.31. The Morgan fingerprint density at radius 2 is 1.75 bits per heavy atom. The van der Waals surface area contributed by atoms with Crippen molar-refractivity contribution in [3.05, 3.63) is 0 Å². The van der Waals surface area contributed by atoms with Gasteiger partial charge in [-0.05, 0) is 30.1 Å². The quantitative estimate of drug-likeness (QED) is 0.573. The lowest BCUT2D eigenvalue weighted by molar-refractivity contribution is 0.246. The van der Waals surface area contributed by atoms with E-state index in [1.165, 1.54) is 12.8 Å². The summed E-state index contributed by atoms with van der Waals surface area (Å²) in [5, 5.41) is 0. The lowest BCUT2D eigenvalue weighted by Crippen LogP contribution is -2.15. The molecule has 0 spiro atoms. The summed E-state index contributed by atoms with van der Waals surface area (Å²) in [4.78, 5) is 0. The van der Waals surface area contributed by atoms with Crippen LogP contribution in [0.5, 0.6) is 0 Å². The standard InChI is InChI=1S/C12H26/c1-7-12(5,6)9-11(4)8-10(2)3/h10-11H,7-9H2,1-6H3/i10T. The minimum Gasteiger partial charge on any atom is -0.0649 e. The summed E-state index contributed by atoms with van der Waals surface area (Å²) < 4.78 is 7.83. The fourth-order valence-corrected chi connectivity index (χ4v) is 1.86. The van der Waals surface area contributed by atoms with E-state index in [0.717, 1.165) is 6.42 Å². The second kappa shape index (κ2) is 4.89. The van der Waals surface area contributed by atoms with Gasteiger partial charge in [0.25, 0.3) is 0 Å². The third-order valence-electron chi connectivity index (χ3n) is 2.61. The van der Waals surface area contributed by atoms with Gasteiger partial charge >= 0.3 is 0 Å². The molecule has 0 N–H and O–H groups in total. The van der Waals surface area contributed by atoms with E-state index < -0.39 is 0 Å². The van der Waals surface area contributed by atoms with Gasteiger partial charge in [0.2, 0.25) is 0 Å². The Morgan fingerprint density at radius 1 is 1.25 bits per heavy atom. The molecule has 0 aliphatic carbocycles. The summed E-state index contributed by atoms with van der Waals surface area (Å²) in [6.07, 6.45) is 3.48. The summed E-state index contributed by atoms with van der Waals surface area (Å²) in [5.74, 6) is 0.408. The molecule has 0 heterocycles. The normalized spacial score (nSPS) is 17.3. The first-order valence-electron chi connectivity index (χ1n) is 5.66. The highest BCUT2D eigenvalue weighted by atomic mass is 14.2. The van der Waals surface area contributed by atoms with E-state index in [4.69, 9.17) is 1.37 Å². The van der Waals surface area contributed by atoms with E-state index in [-0.39, 0.29) is 5.89 Å². The average molecular weight is 172 g/mol.